The van der Waals surface area contributed by atoms with Gasteiger partial charge < -0.3 is 26.0 Å². The molecule has 1 aromatic heterocycles. The fraction of sp³-hybridized carbons (Fsp3) is 0. The van der Waals surface area contributed by atoms with E-state index in [2.05, 4.69) is 15.6 Å². The number of carbonyl (C=O) groups is 1. The highest BCUT2D eigenvalue weighted by Crippen LogP contribution is 2.27. The van der Waals surface area contributed by atoms with Gasteiger partial charge in [0.2, 0.25) is 0 Å². The van der Waals surface area contributed by atoms with E-state index in [1.54, 1.807) is 18.2 Å². The first kappa shape index (κ1) is 17.6. The van der Waals surface area contributed by atoms with E-state index in [0.29, 0.717) is 16.5 Å². The molecule has 0 saturated carbocycles. The summed E-state index contributed by atoms with van der Waals surface area (Å²) in [4.78, 5) is 15.3. The molecule has 0 saturated heterocycles. The van der Waals surface area contributed by atoms with Gasteiger partial charge in [-0.3, -0.25) is 0 Å². The monoisotopic (exact) mass is 387 g/mol. The molecule has 5 N–H and O–H groups in total. The number of aromatic nitrogens is 1. The Kier molecular flexibility index (Phi) is 5.01. The average Bonchev–Trinajstić information content (AvgIpc) is 3.03. The molecule has 0 aliphatic heterocycles. The average molecular weight is 387 g/mol. The lowest BCUT2D eigenvalue weighted by Gasteiger charge is -2.09. The highest BCUT2D eigenvalue weighted by atomic mass is 32.1. The largest absolute Gasteiger partial charge is 0.508 e. The number of anilines is 2. The predicted molar refractivity (Wildman–Crippen MR) is 104 cm³/mol. The van der Waals surface area contributed by atoms with Crippen molar-refractivity contribution in [2.24, 2.45) is 0 Å². The maximum atomic E-state index is 10.9. The minimum atomic E-state index is -1.21. The second-order valence-electron chi connectivity index (χ2n) is 5.20. The van der Waals surface area contributed by atoms with Crippen LogP contribution < -0.4 is 10.6 Å². The van der Waals surface area contributed by atoms with Gasteiger partial charge in [0.15, 0.2) is 10.2 Å². The molecule has 2 aromatic carbocycles. The van der Waals surface area contributed by atoms with Crippen molar-refractivity contribution in [3.8, 4) is 22.8 Å². The van der Waals surface area contributed by atoms with Gasteiger partial charge in [0.05, 0.1) is 5.69 Å². The minimum absolute atomic E-state index is 0.159. The van der Waals surface area contributed by atoms with Crippen LogP contribution in [0, 0.1) is 0 Å². The highest BCUT2D eigenvalue weighted by molar-refractivity contribution is 7.80. The van der Waals surface area contributed by atoms with Crippen molar-refractivity contribution in [3.63, 3.8) is 0 Å². The number of thiazole rings is 1. The number of rotatable bonds is 4. The molecule has 0 aliphatic rings. The Morgan fingerprint density at radius 2 is 1.92 bits per heavy atom. The molecule has 0 radical (unpaired) electrons. The normalized spacial score (nSPS) is 10.3. The number of carboxylic acid groups (broad SMARTS) is 1. The molecule has 132 valence electrons. The molecule has 0 bridgehead atoms. The second-order valence-corrected chi connectivity index (χ2v) is 6.47. The summed E-state index contributed by atoms with van der Waals surface area (Å²) in [5.74, 6) is -1.41. The van der Waals surface area contributed by atoms with Crippen LogP contribution in [0.3, 0.4) is 0 Å². The van der Waals surface area contributed by atoms with Crippen molar-refractivity contribution in [1.29, 1.82) is 0 Å². The van der Waals surface area contributed by atoms with Crippen LogP contribution in [0.4, 0.5) is 10.8 Å². The maximum absolute atomic E-state index is 10.9. The predicted octanol–water partition coefficient (Wildman–Crippen LogP) is 3.73. The van der Waals surface area contributed by atoms with Crippen molar-refractivity contribution in [3.05, 3.63) is 53.4 Å². The van der Waals surface area contributed by atoms with Gasteiger partial charge in [-0.05, 0) is 36.5 Å². The Labute approximate surface area is 157 Å². The first-order valence-corrected chi connectivity index (χ1v) is 8.60. The molecule has 7 nitrogen and oxygen atoms in total. The zero-order chi connectivity index (χ0) is 18.7. The Balaban J connectivity index is 1.67. The van der Waals surface area contributed by atoms with Gasteiger partial charge in [-0.15, -0.1) is 11.3 Å². The standard InChI is InChI=1S/C17H13N3O4S2/c21-11-3-1-2-9(6-11)13-8-26-17(19-13)20-16(25)18-10-4-5-12(15(23)24)14(22)7-10/h1-8,21-22H,(H,23,24)(H2,18,19,20,25). The van der Waals surface area contributed by atoms with E-state index in [0.717, 1.165) is 5.56 Å². The van der Waals surface area contributed by atoms with Gasteiger partial charge in [0.1, 0.15) is 17.1 Å². The van der Waals surface area contributed by atoms with Crippen molar-refractivity contribution in [1.82, 2.24) is 4.98 Å². The molecule has 0 spiro atoms. The SMILES string of the molecule is O=C(O)c1ccc(NC(=S)Nc2nc(-c3cccc(O)c3)cs2)cc1O. The smallest absolute Gasteiger partial charge is 0.339 e. The quantitative estimate of drug-likeness (QED) is 0.430. The molecular weight excluding hydrogens is 374 g/mol. The molecule has 0 unspecified atom stereocenters. The van der Waals surface area contributed by atoms with Crippen molar-refractivity contribution in [2.75, 3.05) is 10.6 Å². The molecule has 3 aromatic rings. The van der Waals surface area contributed by atoms with E-state index in [4.69, 9.17) is 17.3 Å². The first-order valence-electron chi connectivity index (χ1n) is 7.31. The van der Waals surface area contributed by atoms with Gasteiger partial charge in [-0.2, -0.15) is 0 Å². The number of nitrogens with zero attached hydrogens (tertiary/aromatic N) is 1. The number of thiocarbonyl (C=S) groups is 1. The summed E-state index contributed by atoms with van der Waals surface area (Å²) in [6.45, 7) is 0. The zero-order valence-corrected chi connectivity index (χ0v) is 14.8. The third-order valence-corrected chi connectivity index (χ3v) is 4.31. The Hall–Kier alpha value is -3.17. The number of phenolic OH excluding ortho intramolecular Hbond substituents is 1. The third-order valence-electron chi connectivity index (χ3n) is 3.35. The molecule has 3 rings (SSSR count). The molecule has 0 fully saturated rings. The van der Waals surface area contributed by atoms with Gasteiger partial charge in [0, 0.05) is 22.7 Å². The number of carboxylic acids is 1. The summed E-state index contributed by atoms with van der Waals surface area (Å²) >= 11 is 6.54. The van der Waals surface area contributed by atoms with Crippen LogP contribution in [-0.4, -0.2) is 31.4 Å². The van der Waals surface area contributed by atoms with Crippen LogP contribution in [0.2, 0.25) is 0 Å². The van der Waals surface area contributed by atoms with Crippen molar-refractivity contribution in [2.45, 2.75) is 0 Å². The fourth-order valence-corrected chi connectivity index (χ4v) is 3.18. The molecular formula is C17H13N3O4S2. The van der Waals surface area contributed by atoms with Crippen LogP contribution in [0.1, 0.15) is 10.4 Å². The van der Waals surface area contributed by atoms with Gasteiger partial charge in [-0.25, -0.2) is 9.78 Å². The lowest BCUT2D eigenvalue weighted by atomic mass is 10.2. The first-order chi connectivity index (χ1) is 12.4. The molecule has 0 amide bonds. The molecule has 26 heavy (non-hydrogen) atoms. The fourth-order valence-electron chi connectivity index (χ4n) is 2.18. The number of hydrogen-bond acceptors (Lipinski definition) is 6. The van der Waals surface area contributed by atoms with Crippen LogP contribution in [0.15, 0.2) is 47.8 Å². The number of phenols is 2. The topological polar surface area (TPSA) is 115 Å². The summed E-state index contributed by atoms with van der Waals surface area (Å²) < 4.78 is 0. The summed E-state index contributed by atoms with van der Waals surface area (Å²) in [7, 11) is 0. The molecule has 0 aliphatic carbocycles. The van der Waals surface area contributed by atoms with E-state index in [1.807, 2.05) is 11.4 Å². The Morgan fingerprint density at radius 1 is 1.12 bits per heavy atom. The molecule has 9 heteroatoms. The maximum Gasteiger partial charge on any atom is 0.339 e. The summed E-state index contributed by atoms with van der Waals surface area (Å²) in [6, 6.07) is 10.8. The van der Waals surface area contributed by atoms with Crippen molar-refractivity contribution >= 4 is 45.5 Å². The summed E-state index contributed by atoms with van der Waals surface area (Å²) in [5, 5.41) is 36.5. The van der Waals surface area contributed by atoms with E-state index < -0.39 is 5.97 Å². The Morgan fingerprint density at radius 3 is 2.62 bits per heavy atom. The highest BCUT2D eigenvalue weighted by Gasteiger charge is 2.11. The minimum Gasteiger partial charge on any atom is -0.508 e. The van der Waals surface area contributed by atoms with Crippen LogP contribution >= 0.6 is 23.6 Å². The van der Waals surface area contributed by atoms with E-state index >= 15 is 0 Å². The van der Waals surface area contributed by atoms with E-state index in [9.17, 15) is 15.0 Å². The second kappa shape index (κ2) is 7.38. The summed E-state index contributed by atoms with van der Waals surface area (Å²) in [5.41, 5.74) is 1.72. The number of hydrogen-bond donors (Lipinski definition) is 5. The zero-order valence-electron chi connectivity index (χ0n) is 13.1. The molecule has 1 heterocycles. The number of aromatic hydroxyl groups is 2. The van der Waals surface area contributed by atoms with Gasteiger partial charge >= 0.3 is 5.97 Å². The number of nitrogens with one attached hydrogen (secondary N) is 2. The van der Waals surface area contributed by atoms with E-state index in [1.165, 1.54) is 29.5 Å². The van der Waals surface area contributed by atoms with Crippen LogP contribution in [0.5, 0.6) is 11.5 Å². The van der Waals surface area contributed by atoms with Crippen LogP contribution in [-0.2, 0) is 0 Å². The van der Waals surface area contributed by atoms with Crippen molar-refractivity contribution < 1.29 is 20.1 Å². The Bertz CT molecular complexity index is 988. The number of benzene rings is 2. The lowest BCUT2D eigenvalue weighted by Crippen LogP contribution is -2.19. The molecule has 0 atom stereocenters. The van der Waals surface area contributed by atoms with Gasteiger partial charge in [-0.1, -0.05) is 12.1 Å². The lowest BCUT2D eigenvalue weighted by molar-refractivity contribution is 0.0694. The van der Waals surface area contributed by atoms with Gasteiger partial charge in [0.25, 0.3) is 0 Å². The van der Waals surface area contributed by atoms with E-state index in [-0.39, 0.29) is 22.2 Å². The summed E-state index contributed by atoms with van der Waals surface area (Å²) in [6.07, 6.45) is 0. The van der Waals surface area contributed by atoms with Crippen LogP contribution in [0.25, 0.3) is 11.3 Å². The third kappa shape index (κ3) is 4.08. The number of aromatic carboxylic acids is 1.